The van der Waals surface area contributed by atoms with Crippen LogP contribution in [0.25, 0.3) is 11.0 Å². The molecule has 8 nitrogen and oxygen atoms in total. The minimum Gasteiger partial charge on any atom is -0.508 e. The second-order valence-corrected chi connectivity index (χ2v) is 7.12. The molecule has 1 aromatic carbocycles. The molecule has 1 fully saturated rings. The summed E-state index contributed by atoms with van der Waals surface area (Å²) in [6, 6.07) is 7.01. The number of amides is 1. The van der Waals surface area contributed by atoms with Crippen molar-refractivity contribution in [3.05, 3.63) is 47.8 Å². The molecule has 0 spiro atoms. The van der Waals surface area contributed by atoms with Crippen LogP contribution in [0.5, 0.6) is 5.75 Å². The fourth-order valence-corrected chi connectivity index (χ4v) is 3.52. The predicted molar refractivity (Wildman–Crippen MR) is 110 cm³/mol. The first-order chi connectivity index (χ1) is 14.2. The predicted octanol–water partition coefficient (Wildman–Crippen LogP) is 2.68. The molecule has 1 aliphatic rings. The molecule has 0 bridgehead atoms. The smallest absolute Gasteiger partial charge is 0.255 e. The Kier molecular flexibility index (Phi) is 5.62. The van der Waals surface area contributed by atoms with Crippen molar-refractivity contribution < 1.29 is 14.6 Å². The highest BCUT2D eigenvalue weighted by Crippen LogP contribution is 2.28. The Hall–Kier alpha value is -3.13. The van der Waals surface area contributed by atoms with Gasteiger partial charge in [0.2, 0.25) is 0 Å². The van der Waals surface area contributed by atoms with Gasteiger partial charge in [-0.3, -0.25) is 4.79 Å². The zero-order valence-corrected chi connectivity index (χ0v) is 16.4. The molecule has 3 aromatic rings. The minimum atomic E-state index is -0.203. The topological polar surface area (TPSA) is 101 Å². The second kappa shape index (κ2) is 8.48. The fraction of sp³-hybridized carbons (Fsp3) is 0.381. The number of aromatic hydroxyl groups is 1. The van der Waals surface area contributed by atoms with E-state index in [2.05, 4.69) is 20.7 Å². The van der Waals surface area contributed by atoms with Crippen LogP contribution in [0.15, 0.2) is 36.7 Å². The van der Waals surface area contributed by atoms with E-state index in [1.165, 1.54) is 0 Å². The summed E-state index contributed by atoms with van der Waals surface area (Å²) in [5, 5.41) is 21.1. The SMILES string of the molecule is CCn1ncc2c(NC3CCOCC3)c(C(=O)NCc3ccc(O)cc3)cnc21. The Morgan fingerprint density at radius 3 is 2.72 bits per heavy atom. The Labute approximate surface area is 168 Å². The summed E-state index contributed by atoms with van der Waals surface area (Å²) in [5.41, 5.74) is 2.93. The molecule has 3 N–H and O–H groups in total. The van der Waals surface area contributed by atoms with Crippen LogP contribution in [0.3, 0.4) is 0 Å². The number of fused-ring (bicyclic) bond motifs is 1. The molecule has 2 aromatic heterocycles. The van der Waals surface area contributed by atoms with E-state index in [-0.39, 0.29) is 17.7 Å². The zero-order chi connectivity index (χ0) is 20.2. The van der Waals surface area contributed by atoms with Gasteiger partial charge >= 0.3 is 0 Å². The van der Waals surface area contributed by atoms with Crippen molar-refractivity contribution in [1.29, 1.82) is 0 Å². The van der Waals surface area contributed by atoms with Gasteiger partial charge in [0.25, 0.3) is 5.91 Å². The van der Waals surface area contributed by atoms with E-state index in [4.69, 9.17) is 4.74 Å². The zero-order valence-electron chi connectivity index (χ0n) is 16.4. The van der Waals surface area contributed by atoms with Crippen molar-refractivity contribution >= 4 is 22.6 Å². The standard InChI is InChI=1S/C21H25N5O3/c1-2-26-20-17(13-24-26)19(25-15-7-9-29-10-8-15)18(12-22-20)21(28)23-11-14-3-5-16(27)6-4-14/h3-6,12-13,15,27H,2,7-11H2,1H3,(H,22,25)(H,23,28). The summed E-state index contributed by atoms with van der Waals surface area (Å²) in [6.07, 6.45) is 5.16. The van der Waals surface area contributed by atoms with E-state index in [1.807, 2.05) is 11.6 Å². The van der Waals surface area contributed by atoms with Gasteiger partial charge in [0.15, 0.2) is 5.65 Å². The van der Waals surface area contributed by atoms with Gasteiger partial charge in [-0.15, -0.1) is 0 Å². The molecule has 0 unspecified atom stereocenters. The van der Waals surface area contributed by atoms with Crippen LogP contribution in [-0.4, -0.2) is 45.0 Å². The largest absolute Gasteiger partial charge is 0.508 e. The number of aryl methyl sites for hydroxylation is 1. The quantitative estimate of drug-likeness (QED) is 0.593. The van der Waals surface area contributed by atoms with Crippen molar-refractivity contribution in [3.8, 4) is 5.75 Å². The Bertz CT molecular complexity index is 993. The number of pyridine rings is 1. The van der Waals surface area contributed by atoms with Crippen LogP contribution in [-0.2, 0) is 17.8 Å². The molecular weight excluding hydrogens is 370 g/mol. The number of hydrogen-bond donors (Lipinski definition) is 3. The number of phenols is 1. The lowest BCUT2D eigenvalue weighted by Gasteiger charge is -2.25. The van der Waals surface area contributed by atoms with Gasteiger partial charge in [-0.2, -0.15) is 5.10 Å². The Balaban J connectivity index is 1.61. The number of rotatable bonds is 6. The lowest BCUT2D eigenvalue weighted by Crippen LogP contribution is -2.30. The van der Waals surface area contributed by atoms with Gasteiger partial charge in [0, 0.05) is 38.5 Å². The molecule has 152 valence electrons. The molecule has 0 saturated carbocycles. The van der Waals surface area contributed by atoms with Crippen molar-refractivity contribution in [3.63, 3.8) is 0 Å². The van der Waals surface area contributed by atoms with Gasteiger partial charge in [0.05, 0.1) is 22.8 Å². The highest BCUT2D eigenvalue weighted by molar-refractivity contribution is 6.06. The molecule has 29 heavy (non-hydrogen) atoms. The number of ether oxygens (including phenoxy) is 1. The molecular formula is C21H25N5O3. The van der Waals surface area contributed by atoms with Gasteiger partial charge in [-0.1, -0.05) is 12.1 Å². The highest BCUT2D eigenvalue weighted by Gasteiger charge is 2.22. The normalized spacial score (nSPS) is 14.8. The first-order valence-corrected chi connectivity index (χ1v) is 9.90. The molecule has 4 rings (SSSR count). The van der Waals surface area contributed by atoms with Crippen LogP contribution in [0.4, 0.5) is 5.69 Å². The van der Waals surface area contributed by atoms with Crippen molar-refractivity contribution in [2.75, 3.05) is 18.5 Å². The lowest BCUT2D eigenvalue weighted by atomic mass is 10.1. The summed E-state index contributed by atoms with van der Waals surface area (Å²) in [7, 11) is 0. The number of aromatic nitrogens is 3. The average Bonchev–Trinajstić information content (AvgIpc) is 3.18. The number of nitrogens with zero attached hydrogens (tertiary/aromatic N) is 3. The third kappa shape index (κ3) is 4.17. The molecule has 1 amide bonds. The lowest BCUT2D eigenvalue weighted by molar-refractivity contribution is 0.0904. The summed E-state index contributed by atoms with van der Waals surface area (Å²) in [4.78, 5) is 17.5. The van der Waals surface area contributed by atoms with E-state index < -0.39 is 0 Å². The summed E-state index contributed by atoms with van der Waals surface area (Å²) >= 11 is 0. The highest BCUT2D eigenvalue weighted by atomic mass is 16.5. The molecule has 1 saturated heterocycles. The molecule has 0 aliphatic carbocycles. The van der Waals surface area contributed by atoms with Crippen LogP contribution >= 0.6 is 0 Å². The van der Waals surface area contributed by atoms with Crippen molar-refractivity contribution in [2.24, 2.45) is 0 Å². The summed E-state index contributed by atoms with van der Waals surface area (Å²) in [6.45, 7) is 4.50. The van der Waals surface area contributed by atoms with Crippen molar-refractivity contribution in [1.82, 2.24) is 20.1 Å². The van der Waals surface area contributed by atoms with E-state index in [9.17, 15) is 9.90 Å². The third-order valence-electron chi connectivity index (χ3n) is 5.17. The Morgan fingerprint density at radius 1 is 1.24 bits per heavy atom. The molecule has 0 atom stereocenters. The monoisotopic (exact) mass is 395 g/mol. The maximum absolute atomic E-state index is 13.0. The fourth-order valence-electron chi connectivity index (χ4n) is 3.52. The second-order valence-electron chi connectivity index (χ2n) is 7.12. The number of carbonyl (C=O) groups is 1. The average molecular weight is 395 g/mol. The van der Waals surface area contributed by atoms with Crippen molar-refractivity contribution in [2.45, 2.75) is 38.9 Å². The van der Waals surface area contributed by atoms with Gasteiger partial charge < -0.3 is 20.5 Å². The summed E-state index contributed by atoms with van der Waals surface area (Å²) in [5.74, 6) is -0.00288. The summed E-state index contributed by atoms with van der Waals surface area (Å²) < 4.78 is 7.28. The van der Waals surface area contributed by atoms with E-state index in [1.54, 1.807) is 36.7 Å². The van der Waals surface area contributed by atoms with E-state index in [0.29, 0.717) is 31.9 Å². The first-order valence-electron chi connectivity index (χ1n) is 9.90. The van der Waals surface area contributed by atoms with Crippen LogP contribution in [0.2, 0.25) is 0 Å². The number of nitrogens with one attached hydrogen (secondary N) is 2. The van der Waals surface area contributed by atoms with Crippen LogP contribution < -0.4 is 10.6 Å². The van der Waals surface area contributed by atoms with Gasteiger partial charge in [0.1, 0.15) is 5.75 Å². The number of hydrogen-bond acceptors (Lipinski definition) is 6. The molecule has 1 aliphatic heterocycles. The van der Waals surface area contributed by atoms with E-state index in [0.717, 1.165) is 35.1 Å². The number of phenolic OH excluding ortho intramolecular Hbond substituents is 1. The Morgan fingerprint density at radius 2 is 2.00 bits per heavy atom. The number of anilines is 1. The molecule has 8 heteroatoms. The minimum absolute atomic E-state index is 0.200. The van der Waals surface area contributed by atoms with Gasteiger partial charge in [-0.05, 0) is 37.5 Å². The van der Waals surface area contributed by atoms with Gasteiger partial charge in [-0.25, -0.2) is 9.67 Å². The third-order valence-corrected chi connectivity index (χ3v) is 5.17. The number of benzene rings is 1. The van der Waals surface area contributed by atoms with Crippen LogP contribution in [0, 0.1) is 0 Å². The molecule has 0 radical (unpaired) electrons. The first kappa shape index (κ1) is 19.2. The number of carbonyl (C=O) groups excluding carboxylic acids is 1. The maximum atomic E-state index is 13.0. The molecule has 3 heterocycles. The van der Waals surface area contributed by atoms with Crippen LogP contribution in [0.1, 0.15) is 35.7 Å². The maximum Gasteiger partial charge on any atom is 0.255 e. The van der Waals surface area contributed by atoms with E-state index >= 15 is 0 Å².